The molecule has 0 saturated heterocycles. The molecule has 0 spiro atoms. The fourth-order valence-electron chi connectivity index (χ4n) is 1.22. The van der Waals surface area contributed by atoms with Crippen LogP contribution in [0.25, 0.3) is 11.2 Å². The summed E-state index contributed by atoms with van der Waals surface area (Å²) < 4.78 is 36.9. The number of aromatic nitrogens is 5. The first-order chi connectivity index (χ1) is 7.88. The number of aromatic carboxylic acids is 1. The number of halogens is 3. The largest absolute Gasteiger partial charge is 0.476 e. The molecule has 0 aromatic carbocycles. The second-order valence-corrected chi connectivity index (χ2v) is 3.06. The smallest absolute Gasteiger partial charge is 0.408 e. The Kier molecular flexibility index (Phi) is 2.41. The fraction of sp³-hybridized carbons (Fsp3) is 0.286. The number of hydrogen-bond acceptors (Lipinski definition) is 5. The number of carbonyl (C=O) groups is 1. The van der Waals surface area contributed by atoms with Crippen molar-refractivity contribution in [3.63, 3.8) is 0 Å². The van der Waals surface area contributed by atoms with Gasteiger partial charge in [0.1, 0.15) is 12.9 Å². The van der Waals surface area contributed by atoms with Gasteiger partial charge < -0.3 is 5.11 Å². The van der Waals surface area contributed by atoms with Gasteiger partial charge >= 0.3 is 12.1 Å². The molecule has 7 nitrogen and oxygen atoms in total. The number of carboxylic acid groups (broad SMARTS) is 1. The molecule has 0 unspecified atom stereocenters. The standard InChI is InChI=1S/C7H4F3N5O2/c8-7(9,10)1-15-5-3(13-14-15)4(6(16)17)11-2-12-5/h2H,1H2,(H,16,17). The molecule has 0 saturated carbocycles. The third kappa shape index (κ3) is 2.14. The average molecular weight is 247 g/mol. The summed E-state index contributed by atoms with van der Waals surface area (Å²) in [4.78, 5) is 17.7. The number of rotatable bonds is 2. The van der Waals surface area contributed by atoms with E-state index in [-0.39, 0.29) is 11.2 Å². The predicted octanol–water partition coefficient (Wildman–Crippen LogP) is 0.482. The van der Waals surface area contributed by atoms with Gasteiger partial charge in [0.15, 0.2) is 16.9 Å². The van der Waals surface area contributed by atoms with Crippen molar-refractivity contribution in [3.05, 3.63) is 12.0 Å². The lowest BCUT2D eigenvalue weighted by Gasteiger charge is -2.05. The van der Waals surface area contributed by atoms with E-state index in [0.717, 1.165) is 6.33 Å². The lowest BCUT2D eigenvalue weighted by atomic mass is 10.3. The first-order valence-corrected chi connectivity index (χ1v) is 4.23. The summed E-state index contributed by atoms with van der Waals surface area (Å²) in [7, 11) is 0. The minimum atomic E-state index is -4.49. The Hall–Kier alpha value is -2.26. The molecule has 10 heteroatoms. The topological polar surface area (TPSA) is 93.8 Å². The van der Waals surface area contributed by atoms with Gasteiger partial charge in [0.05, 0.1) is 0 Å². The number of nitrogens with zero attached hydrogens (tertiary/aromatic N) is 5. The molecule has 2 aromatic heterocycles. The Labute approximate surface area is 90.9 Å². The Morgan fingerprint density at radius 2 is 2.12 bits per heavy atom. The van der Waals surface area contributed by atoms with Crippen molar-refractivity contribution in [2.75, 3.05) is 0 Å². The molecule has 2 rings (SSSR count). The van der Waals surface area contributed by atoms with Gasteiger partial charge in [-0.2, -0.15) is 13.2 Å². The molecule has 17 heavy (non-hydrogen) atoms. The third-order valence-electron chi connectivity index (χ3n) is 1.83. The van der Waals surface area contributed by atoms with Crippen LogP contribution in [-0.4, -0.2) is 42.2 Å². The second-order valence-electron chi connectivity index (χ2n) is 3.06. The van der Waals surface area contributed by atoms with E-state index in [4.69, 9.17) is 5.11 Å². The van der Waals surface area contributed by atoms with Crippen LogP contribution in [0.4, 0.5) is 13.2 Å². The molecule has 0 atom stereocenters. The molecule has 90 valence electrons. The maximum atomic E-state index is 12.2. The third-order valence-corrected chi connectivity index (χ3v) is 1.83. The van der Waals surface area contributed by atoms with Crippen molar-refractivity contribution >= 4 is 17.1 Å². The number of carboxylic acids is 1. The highest BCUT2D eigenvalue weighted by molar-refractivity contribution is 5.97. The molecule has 0 aliphatic heterocycles. The highest BCUT2D eigenvalue weighted by Gasteiger charge is 2.30. The summed E-state index contributed by atoms with van der Waals surface area (Å²) in [6.45, 7) is -1.39. The summed E-state index contributed by atoms with van der Waals surface area (Å²) in [5.74, 6) is -1.41. The van der Waals surface area contributed by atoms with Crippen LogP contribution in [-0.2, 0) is 6.54 Å². The molecule has 2 heterocycles. The van der Waals surface area contributed by atoms with Crippen LogP contribution < -0.4 is 0 Å². The number of hydrogen-bond donors (Lipinski definition) is 1. The van der Waals surface area contributed by atoms with Crippen LogP contribution >= 0.6 is 0 Å². The van der Waals surface area contributed by atoms with E-state index in [1.807, 2.05) is 0 Å². The van der Waals surface area contributed by atoms with E-state index >= 15 is 0 Å². The van der Waals surface area contributed by atoms with Crippen molar-refractivity contribution in [2.24, 2.45) is 0 Å². The Balaban J connectivity index is 2.55. The van der Waals surface area contributed by atoms with Crippen molar-refractivity contribution in [3.8, 4) is 0 Å². The quantitative estimate of drug-likeness (QED) is 0.829. The van der Waals surface area contributed by atoms with Crippen LogP contribution in [0.15, 0.2) is 6.33 Å². The SMILES string of the molecule is O=C(O)c1ncnc2c1nnn2CC(F)(F)F. The normalized spacial score (nSPS) is 11.9. The highest BCUT2D eigenvalue weighted by Crippen LogP contribution is 2.19. The van der Waals surface area contributed by atoms with E-state index in [0.29, 0.717) is 4.68 Å². The number of fused-ring (bicyclic) bond motifs is 1. The van der Waals surface area contributed by atoms with Crippen molar-refractivity contribution in [1.29, 1.82) is 0 Å². The van der Waals surface area contributed by atoms with Crippen LogP contribution in [0.2, 0.25) is 0 Å². The molecular formula is C7H4F3N5O2. The maximum Gasteiger partial charge on any atom is 0.408 e. The Morgan fingerprint density at radius 3 is 2.71 bits per heavy atom. The summed E-state index contributed by atoms with van der Waals surface area (Å²) in [5, 5.41) is 15.3. The van der Waals surface area contributed by atoms with Crippen molar-refractivity contribution in [2.45, 2.75) is 12.7 Å². The zero-order valence-electron chi connectivity index (χ0n) is 8.01. The van der Waals surface area contributed by atoms with Crippen LogP contribution in [0, 0.1) is 0 Å². The predicted molar refractivity (Wildman–Crippen MR) is 46.1 cm³/mol. The van der Waals surface area contributed by atoms with Gasteiger partial charge in [0.25, 0.3) is 0 Å². The zero-order valence-corrected chi connectivity index (χ0v) is 8.01. The van der Waals surface area contributed by atoms with Crippen LogP contribution in [0.5, 0.6) is 0 Å². The fourth-order valence-corrected chi connectivity index (χ4v) is 1.22. The lowest BCUT2D eigenvalue weighted by molar-refractivity contribution is -0.142. The van der Waals surface area contributed by atoms with Gasteiger partial charge in [-0.15, -0.1) is 5.10 Å². The summed E-state index contributed by atoms with van der Waals surface area (Å²) in [5.41, 5.74) is -1.03. The highest BCUT2D eigenvalue weighted by atomic mass is 19.4. The van der Waals surface area contributed by atoms with E-state index in [2.05, 4.69) is 20.3 Å². The van der Waals surface area contributed by atoms with E-state index in [1.54, 1.807) is 0 Å². The maximum absolute atomic E-state index is 12.2. The van der Waals surface area contributed by atoms with Gasteiger partial charge in [0.2, 0.25) is 0 Å². The second kappa shape index (κ2) is 3.64. The molecule has 0 fully saturated rings. The average Bonchev–Trinajstić information content (AvgIpc) is 2.59. The summed E-state index contributed by atoms with van der Waals surface area (Å²) in [6.07, 6.45) is -3.64. The van der Waals surface area contributed by atoms with Gasteiger partial charge in [-0.25, -0.2) is 19.4 Å². The Bertz CT molecular complexity index is 578. The van der Waals surface area contributed by atoms with E-state index in [9.17, 15) is 18.0 Å². The molecule has 2 aromatic rings. The molecule has 0 radical (unpaired) electrons. The molecule has 0 amide bonds. The number of alkyl halides is 3. The first kappa shape index (κ1) is 11.2. The van der Waals surface area contributed by atoms with Crippen LogP contribution in [0.3, 0.4) is 0 Å². The molecule has 0 aliphatic rings. The summed E-state index contributed by atoms with van der Waals surface area (Å²) in [6, 6.07) is 0. The van der Waals surface area contributed by atoms with Gasteiger partial charge in [0, 0.05) is 0 Å². The van der Waals surface area contributed by atoms with Crippen molar-refractivity contribution in [1.82, 2.24) is 25.0 Å². The summed E-state index contributed by atoms with van der Waals surface area (Å²) >= 11 is 0. The van der Waals surface area contributed by atoms with E-state index in [1.165, 1.54) is 0 Å². The minimum absolute atomic E-state index is 0.269. The van der Waals surface area contributed by atoms with Gasteiger partial charge in [-0.05, 0) is 0 Å². The minimum Gasteiger partial charge on any atom is -0.476 e. The van der Waals surface area contributed by atoms with Gasteiger partial charge in [-0.1, -0.05) is 5.21 Å². The zero-order chi connectivity index (χ0) is 12.6. The molecule has 0 aliphatic carbocycles. The van der Waals surface area contributed by atoms with Crippen LogP contribution in [0.1, 0.15) is 10.5 Å². The Morgan fingerprint density at radius 1 is 1.41 bits per heavy atom. The van der Waals surface area contributed by atoms with Crippen molar-refractivity contribution < 1.29 is 23.1 Å². The monoisotopic (exact) mass is 247 g/mol. The molecule has 0 bridgehead atoms. The first-order valence-electron chi connectivity index (χ1n) is 4.23. The molecule has 1 N–H and O–H groups in total. The lowest BCUT2D eigenvalue weighted by Crippen LogP contribution is -2.19. The molecular weight excluding hydrogens is 243 g/mol. The van der Waals surface area contributed by atoms with E-state index < -0.39 is 24.4 Å². The van der Waals surface area contributed by atoms with Gasteiger partial charge in [-0.3, -0.25) is 0 Å².